The van der Waals surface area contributed by atoms with Crippen molar-refractivity contribution in [3.63, 3.8) is 0 Å². The Morgan fingerprint density at radius 2 is 1.73 bits per heavy atom. The quantitative estimate of drug-likeness (QED) is 0.584. The summed E-state index contributed by atoms with van der Waals surface area (Å²) in [6.45, 7) is 8.00. The van der Waals surface area contributed by atoms with Crippen LogP contribution < -0.4 is 0 Å². The van der Waals surface area contributed by atoms with E-state index in [1.807, 2.05) is 0 Å². The third-order valence-corrected chi connectivity index (χ3v) is 3.69. The lowest BCUT2D eigenvalue weighted by Gasteiger charge is -2.39. The molecule has 1 aliphatic rings. The van der Waals surface area contributed by atoms with E-state index in [1.165, 1.54) is 0 Å². The summed E-state index contributed by atoms with van der Waals surface area (Å²) in [5, 5.41) is -0.571. The SMILES string of the molecule is CCOC(=O)C1(CC(=O)Cl)CCN(C(=O)OC(C)(C)C)CC1. The molecule has 1 rings (SSSR count). The topological polar surface area (TPSA) is 72.9 Å². The Morgan fingerprint density at radius 1 is 1.18 bits per heavy atom. The van der Waals surface area contributed by atoms with Crippen molar-refractivity contribution >= 4 is 28.9 Å². The summed E-state index contributed by atoms with van der Waals surface area (Å²) in [7, 11) is 0. The number of amides is 1. The highest BCUT2D eigenvalue weighted by Crippen LogP contribution is 2.37. The summed E-state index contributed by atoms with van der Waals surface area (Å²) in [4.78, 5) is 37.1. The predicted molar refractivity (Wildman–Crippen MR) is 81.6 cm³/mol. The third kappa shape index (κ3) is 5.16. The number of carbonyl (C=O) groups excluding carboxylic acids is 3. The second-order valence-electron chi connectivity index (χ2n) is 6.50. The van der Waals surface area contributed by atoms with E-state index in [0.717, 1.165) is 0 Å². The molecule has 0 atom stereocenters. The third-order valence-electron chi connectivity index (χ3n) is 3.56. The first-order chi connectivity index (χ1) is 10.1. The average Bonchev–Trinajstić information content (AvgIpc) is 2.36. The van der Waals surface area contributed by atoms with Gasteiger partial charge in [-0.15, -0.1) is 0 Å². The largest absolute Gasteiger partial charge is 0.466 e. The van der Waals surface area contributed by atoms with Crippen molar-refractivity contribution in [3.8, 4) is 0 Å². The molecule has 1 fully saturated rings. The van der Waals surface area contributed by atoms with Crippen molar-refractivity contribution in [2.75, 3.05) is 19.7 Å². The second kappa shape index (κ2) is 7.31. The van der Waals surface area contributed by atoms with E-state index < -0.39 is 28.3 Å². The van der Waals surface area contributed by atoms with E-state index >= 15 is 0 Å². The van der Waals surface area contributed by atoms with E-state index in [4.69, 9.17) is 21.1 Å². The molecule has 0 aromatic rings. The van der Waals surface area contributed by atoms with Crippen molar-refractivity contribution in [1.82, 2.24) is 4.90 Å². The number of carbonyl (C=O) groups is 3. The van der Waals surface area contributed by atoms with E-state index in [0.29, 0.717) is 25.9 Å². The fourth-order valence-electron chi connectivity index (χ4n) is 2.45. The van der Waals surface area contributed by atoms with Gasteiger partial charge in [-0.1, -0.05) is 0 Å². The zero-order valence-electron chi connectivity index (χ0n) is 13.6. The lowest BCUT2D eigenvalue weighted by molar-refractivity contribution is -0.160. The highest BCUT2D eigenvalue weighted by atomic mass is 35.5. The molecule has 7 heteroatoms. The number of halogens is 1. The van der Waals surface area contributed by atoms with Gasteiger partial charge in [-0.05, 0) is 52.1 Å². The van der Waals surface area contributed by atoms with Gasteiger partial charge < -0.3 is 14.4 Å². The number of likely N-dealkylation sites (tertiary alicyclic amines) is 1. The van der Waals surface area contributed by atoms with Crippen molar-refractivity contribution in [3.05, 3.63) is 0 Å². The number of piperidine rings is 1. The maximum absolute atomic E-state index is 12.2. The molecule has 0 bridgehead atoms. The fraction of sp³-hybridized carbons (Fsp3) is 0.800. The minimum atomic E-state index is -0.937. The monoisotopic (exact) mass is 333 g/mol. The van der Waals surface area contributed by atoms with Gasteiger partial charge in [0.1, 0.15) is 5.60 Å². The Balaban J connectivity index is 2.74. The summed E-state index contributed by atoms with van der Waals surface area (Å²) < 4.78 is 10.4. The lowest BCUT2D eigenvalue weighted by atomic mass is 9.76. The molecule has 0 N–H and O–H groups in total. The molecule has 1 aliphatic heterocycles. The summed E-state index contributed by atoms with van der Waals surface area (Å²) in [5.41, 5.74) is -1.51. The number of ether oxygens (including phenoxy) is 2. The molecule has 0 aliphatic carbocycles. The normalized spacial score (nSPS) is 17.8. The van der Waals surface area contributed by atoms with Crippen LogP contribution in [0.15, 0.2) is 0 Å². The number of hydrogen-bond donors (Lipinski definition) is 0. The Labute approximate surface area is 136 Å². The van der Waals surface area contributed by atoms with Crippen LogP contribution in [-0.2, 0) is 19.1 Å². The molecule has 1 heterocycles. The molecule has 0 spiro atoms. The Bertz CT molecular complexity index is 436. The fourth-order valence-corrected chi connectivity index (χ4v) is 2.70. The Morgan fingerprint density at radius 3 is 2.14 bits per heavy atom. The summed E-state index contributed by atoms with van der Waals surface area (Å²) in [6, 6.07) is 0. The highest BCUT2D eigenvalue weighted by Gasteiger charge is 2.45. The van der Waals surface area contributed by atoms with Crippen LogP contribution in [0.5, 0.6) is 0 Å². The van der Waals surface area contributed by atoms with Gasteiger partial charge in [0.25, 0.3) is 0 Å². The van der Waals surface area contributed by atoms with E-state index in [9.17, 15) is 14.4 Å². The average molecular weight is 334 g/mol. The van der Waals surface area contributed by atoms with Gasteiger partial charge in [0.2, 0.25) is 5.24 Å². The first-order valence-corrected chi connectivity index (χ1v) is 7.81. The van der Waals surface area contributed by atoms with Crippen LogP contribution in [0.25, 0.3) is 0 Å². The van der Waals surface area contributed by atoms with E-state index in [1.54, 1.807) is 32.6 Å². The smallest absolute Gasteiger partial charge is 0.410 e. The summed E-state index contributed by atoms with van der Waals surface area (Å²) in [6.07, 6.45) is 0.185. The van der Waals surface area contributed by atoms with Crippen LogP contribution in [0.4, 0.5) is 4.79 Å². The van der Waals surface area contributed by atoms with Crippen LogP contribution >= 0.6 is 11.6 Å². The molecule has 22 heavy (non-hydrogen) atoms. The molecule has 6 nitrogen and oxygen atoms in total. The number of esters is 1. The van der Waals surface area contributed by atoms with E-state index in [2.05, 4.69) is 0 Å². The van der Waals surface area contributed by atoms with Gasteiger partial charge in [0.05, 0.1) is 12.0 Å². The molecule has 0 aromatic carbocycles. The molecule has 1 saturated heterocycles. The molecule has 0 aromatic heterocycles. The van der Waals surface area contributed by atoms with Crippen LogP contribution in [0.2, 0.25) is 0 Å². The van der Waals surface area contributed by atoms with Crippen LogP contribution in [0.1, 0.15) is 47.0 Å². The van der Waals surface area contributed by atoms with Crippen LogP contribution in [0.3, 0.4) is 0 Å². The number of rotatable bonds is 4. The van der Waals surface area contributed by atoms with Gasteiger partial charge in [0.15, 0.2) is 0 Å². The minimum Gasteiger partial charge on any atom is -0.466 e. The van der Waals surface area contributed by atoms with Crippen molar-refractivity contribution in [2.24, 2.45) is 5.41 Å². The molecule has 1 amide bonds. The second-order valence-corrected chi connectivity index (χ2v) is 6.92. The minimum absolute atomic E-state index is 0.0739. The molecule has 126 valence electrons. The van der Waals surface area contributed by atoms with Gasteiger partial charge in [-0.3, -0.25) is 9.59 Å². The van der Waals surface area contributed by atoms with Crippen molar-refractivity contribution < 1.29 is 23.9 Å². The van der Waals surface area contributed by atoms with Crippen LogP contribution in [-0.4, -0.2) is 47.5 Å². The molecule has 0 saturated carbocycles. The maximum atomic E-state index is 12.2. The molecule has 0 unspecified atom stereocenters. The van der Waals surface area contributed by atoms with Gasteiger partial charge in [-0.2, -0.15) is 0 Å². The molecular weight excluding hydrogens is 310 g/mol. The number of nitrogens with zero attached hydrogens (tertiary/aromatic N) is 1. The number of hydrogen-bond acceptors (Lipinski definition) is 5. The predicted octanol–water partition coefficient (Wildman–Crippen LogP) is 2.72. The maximum Gasteiger partial charge on any atom is 0.410 e. The van der Waals surface area contributed by atoms with Gasteiger partial charge in [0, 0.05) is 19.5 Å². The van der Waals surface area contributed by atoms with Crippen molar-refractivity contribution in [2.45, 2.75) is 52.6 Å². The first kappa shape index (κ1) is 18.7. The molecular formula is C15H24ClNO5. The molecule has 0 radical (unpaired) electrons. The zero-order valence-corrected chi connectivity index (χ0v) is 14.4. The summed E-state index contributed by atoms with van der Waals surface area (Å²) in [5.74, 6) is -0.423. The van der Waals surface area contributed by atoms with Gasteiger partial charge >= 0.3 is 12.1 Å². The van der Waals surface area contributed by atoms with Crippen LogP contribution in [0, 0.1) is 5.41 Å². The zero-order chi connectivity index (χ0) is 17.0. The first-order valence-electron chi connectivity index (χ1n) is 7.43. The Hall–Kier alpha value is -1.30. The highest BCUT2D eigenvalue weighted by molar-refractivity contribution is 6.63. The Kier molecular flexibility index (Phi) is 6.23. The lowest BCUT2D eigenvalue weighted by Crippen LogP contribution is -2.49. The standard InChI is InChI=1S/C15H24ClNO5/c1-5-21-12(19)15(10-11(16)18)6-8-17(9-7-15)13(20)22-14(2,3)4/h5-10H2,1-4H3. The summed E-state index contributed by atoms with van der Waals surface area (Å²) >= 11 is 5.48. The van der Waals surface area contributed by atoms with E-state index in [-0.39, 0.29) is 13.0 Å². The van der Waals surface area contributed by atoms with Gasteiger partial charge in [-0.25, -0.2) is 4.79 Å². The van der Waals surface area contributed by atoms with Crippen molar-refractivity contribution in [1.29, 1.82) is 0 Å².